The van der Waals surface area contributed by atoms with Crippen LogP contribution in [0.15, 0.2) is 11.6 Å². The van der Waals surface area contributed by atoms with E-state index in [1.165, 1.54) is 37.7 Å². The molecule has 1 heteroatoms. The number of aliphatic hydroxyl groups excluding tert-OH is 1. The fourth-order valence-corrected chi connectivity index (χ4v) is 2.30. The molecule has 0 unspecified atom stereocenters. The molecule has 0 aliphatic heterocycles. The van der Waals surface area contributed by atoms with E-state index in [0.717, 1.165) is 5.92 Å². The van der Waals surface area contributed by atoms with E-state index in [2.05, 4.69) is 26.8 Å². The van der Waals surface area contributed by atoms with E-state index in [9.17, 15) is 5.11 Å². The quantitative estimate of drug-likeness (QED) is 0.685. The molecule has 0 saturated heterocycles. The topological polar surface area (TPSA) is 20.2 Å². The Hall–Kier alpha value is -0.300. The molecular weight excluding hydrogens is 172 g/mol. The Bertz CT molecular complexity index is 187. The summed E-state index contributed by atoms with van der Waals surface area (Å²) in [5.74, 6) is 1.08. The van der Waals surface area contributed by atoms with Gasteiger partial charge in [-0.3, -0.25) is 0 Å². The van der Waals surface area contributed by atoms with Crippen LogP contribution in [-0.2, 0) is 0 Å². The molecular formula is C13H24O. The average molecular weight is 196 g/mol. The first kappa shape index (κ1) is 11.8. The first-order valence-electron chi connectivity index (χ1n) is 5.97. The van der Waals surface area contributed by atoms with Gasteiger partial charge in [0, 0.05) is 0 Å². The molecule has 0 aromatic heterocycles. The lowest BCUT2D eigenvalue weighted by Gasteiger charge is -2.21. The fourth-order valence-electron chi connectivity index (χ4n) is 2.30. The van der Waals surface area contributed by atoms with Gasteiger partial charge in [-0.05, 0) is 37.2 Å². The van der Waals surface area contributed by atoms with Crippen LogP contribution in [0.1, 0.15) is 52.9 Å². The van der Waals surface area contributed by atoms with Crippen molar-refractivity contribution in [3.05, 3.63) is 11.6 Å². The first-order chi connectivity index (χ1) is 6.61. The molecule has 1 fully saturated rings. The highest BCUT2D eigenvalue weighted by atomic mass is 16.3. The van der Waals surface area contributed by atoms with Crippen molar-refractivity contribution in [3.63, 3.8) is 0 Å². The molecule has 1 N–H and O–H groups in total. The van der Waals surface area contributed by atoms with Crippen molar-refractivity contribution in [3.8, 4) is 0 Å². The number of aliphatic hydroxyl groups is 1. The van der Waals surface area contributed by atoms with Crippen molar-refractivity contribution < 1.29 is 5.11 Å². The van der Waals surface area contributed by atoms with Crippen LogP contribution in [-0.4, -0.2) is 11.2 Å². The highest BCUT2D eigenvalue weighted by Gasteiger charge is 2.15. The van der Waals surface area contributed by atoms with Crippen LogP contribution in [0.5, 0.6) is 0 Å². The Morgan fingerprint density at radius 3 is 2.29 bits per heavy atom. The zero-order chi connectivity index (χ0) is 10.6. The summed E-state index contributed by atoms with van der Waals surface area (Å²) in [4.78, 5) is 0. The van der Waals surface area contributed by atoms with E-state index >= 15 is 0 Å². The van der Waals surface area contributed by atoms with Gasteiger partial charge in [-0.1, -0.05) is 39.2 Å². The third kappa shape index (κ3) is 3.45. The molecule has 0 aromatic carbocycles. The van der Waals surface area contributed by atoms with E-state index in [4.69, 9.17) is 0 Å². The highest BCUT2D eigenvalue weighted by molar-refractivity contribution is 5.08. The Kier molecular flexibility index (Phi) is 4.67. The van der Waals surface area contributed by atoms with Crippen LogP contribution in [0.2, 0.25) is 0 Å². The molecule has 1 nitrogen and oxygen atoms in total. The van der Waals surface area contributed by atoms with Crippen molar-refractivity contribution >= 4 is 0 Å². The molecule has 0 amide bonds. The second-order valence-corrected chi connectivity index (χ2v) is 5.00. The van der Waals surface area contributed by atoms with E-state index in [-0.39, 0.29) is 6.10 Å². The second-order valence-electron chi connectivity index (χ2n) is 5.00. The van der Waals surface area contributed by atoms with Gasteiger partial charge in [-0.25, -0.2) is 0 Å². The van der Waals surface area contributed by atoms with Crippen LogP contribution >= 0.6 is 0 Å². The molecule has 1 saturated carbocycles. The molecule has 1 atom stereocenters. The van der Waals surface area contributed by atoms with Crippen molar-refractivity contribution in [1.82, 2.24) is 0 Å². The average Bonchev–Trinajstić information content (AvgIpc) is 2.18. The van der Waals surface area contributed by atoms with Gasteiger partial charge in [-0.2, -0.15) is 0 Å². The van der Waals surface area contributed by atoms with Crippen molar-refractivity contribution in [2.75, 3.05) is 0 Å². The molecule has 1 rings (SSSR count). The number of hydrogen-bond acceptors (Lipinski definition) is 1. The summed E-state index contributed by atoms with van der Waals surface area (Å²) >= 11 is 0. The van der Waals surface area contributed by atoms with Crippen LogP contribution < -0.4 is 0 Å². The summed E-state index contributed by atoms with van der Waals surface area (Å²) < 4.78 is 0. The van der Waals surface area contributed by atoms with Gasteiger partial charge in [0.2, 0.25) is 0 Å². The fraction of sp³-hybridized carbons (Fsp3) is 0.846. The lowest BCUT2D eigenvalue weighted by atomic mass is 9.86. The molecule has 0 bridgehead atoms. The van der Waals surface area contributed by atoms with Crippen LogP contribution in [0.3, 0.4) is 0 Å². The van der Waals surface area contributed by atoms with Crippen LogP contribution in [0, 0.1) is 11.8 Å². The summed E-state index contributed by atoms with van der Waals surface area (Å²) in [5.41, 5.74) is 1.17. The Labute approximate surface area is 88.2 Å². The zero-order valence-corrected chi connectivity index (χ0v) is 9.79. The largest absolute Gasteiger partial charge is 0.389 e. The summed E-state index contributed by atoms with van der Waals surface area (Å²) in [6.07, 6.45) is 8.85. The van der Waals surface area contributed by atoms with Gasteiger partial charge in [0.1, 0.15) is 0 Å². The SMILES string of the molecule is CC(=CC1CCCCC1)[C@H](O)C(C)C. The van der Waals surface area contributed by atoms with Gasteiger partial charge in [0.05, 0.1) is 6.10 Å². The normalized spacial score (nSPS) is 22.8. The minimum absolute atomic E-state index is 0.239. The lowest BCUT2D eigenvalue weighted by Crippen LogP contribution is -2.17. The summed E-state index contributed by atoms with van der Waals surface area (Å²) in [7, 11) is 0. The van der Waals surface area contributed by atoms with Gasteiger partial charge < -0.3 is 5.11 Å². The first-order valence-corrected chi connectivity index (χ1v) is 5.97. The molecule has 14 heavy (non-hydrogen) atoms. The molecule has 82 valence electrons. The second kappa shape index (κ2) is 5.55. The number of rotatable bonds is 3. The Morgan fingerprint density at radius 1 is 1.21 bits per heavy atom. The van der Waals surface area contributed by atoms with Crippen LogP contribution in [0.25, 0.3) is 0 Å². The smallest absolute Gasteiger partial charge is 0.0770 e. The predicted molar refractivity (Wildman–Crippen MR) is 61.2 cm³/mol. The lowest BCUT2D eigenvalue weighted by molar-refractivity contribution is 0.159. The molecule has 1 aliphatic carbocycles. The van der Waals surface area contributed by atoms with Crippen molar-refractivity contribution in [2.24, 2.45) is 11.8 Å². The molecule has 0 spiro atoms. The van der Waals surface area contributed by atoms with Gasteiger partial charge >= 0.3 is 0 Å². The Balaban J connectivity index is 2.48. The zero-order valence-electron chi connectivity index (χ0n) is 9.79. The van der Waals surface area contributed by atoms with E-state index in [1.807, 2.05) is 0 Å². The third-order valence-electron chi connectivity index (χ3n) is 3.25. The van der Waals surface area contributed by atoms with Gasteiger partial charge in [0.25, 0.3) is 0 Å². The van der Waals surface area contributed by atoms with E-state index < -0.39 is 0 Å². The van der Waals surface area contributed by atoms with E-state index in [1.54, 1.807) is 0 Å². The molecule has 0 radical (unpaired) electrons. The third-order valence-corrected chi connectivity index (χ3v) is 3.25. The van der Waals surface area contributed by atoms with Gasteiger partial charge in [-0.15, -0.1) is 0 Å². The number of allylic oxidation sites excluding steroid dienone is 1. The predicted octanol–water partition coefficient (Wildman–Crippen LogP) is 3.53. The van der Waals surface area contributed by atoms with Crippen LogP contribution in [0.4, 0.5) is 0 Å². The molecule has 1 aliphatic rings. The summed E-state index contributed by atoms with van der Waals surface area (Å²) in [5, 5.41) is 9.86. The summed E-state index contributed by atoms with van der Waals surface area (Å²) in [6, 6.07) is 0. The summed E-state index contributed by atoms with van der Waals surface area (Å²) in [6.45, 7) is 6.21. The van der Waals surface area contributed by atoms with E-state index in [0.29, 0.717) is 5.92 Å². The monoisotopic (exact) mass is 196 g/mol. The number of hydrogen-bond donors (Lipinski definition) is 1. The standard InChI is InChI=1S/C13H24O/c1-10(2)13(14)11(3)9-12-7-5-4-6-8-12/h9-10,12-14H,4-8H2,1-3H3/t13-/m1/s1. The highest BCUT2D eigenvalue weighted by Crippen LogP contribution is 2.26. The maximum absolute atomic E-state index is 9.86. The van der Waals surface area contributed by atoms with Gasteiger partial charge in [0.15, 0.2) is 0 Å². The maximum Gasteiger partial charge on any atom is 0.0770 e. The molecule has 0 aromatic rings. The Morgan fingerprint density at radius 2 is 1.79 bits per heavy atom. The minimum atomic E-state index is -0.239. The molecule has 0 heterocycles. The maximum atomic E-state index is 9.86. The minimum Gasteiger partial charge on any atom is -0.389 e. The van der Waals surface area contributed by atoms with Crippen molar-refractivity contribution in [1.29, 1.82) is 0 Å². The van der Waals surface area contributed by atoms with Crippen molar-refractivity contribution in [2.45, 2.75) is 59.0 Å².